The minimum Gasteiger partial charge on any atom is -0.465 e. The lowest BCUT2D eigenvalue weighted by atomic mass is 9.83. The van der Waals surface area contributed by atoms with Gasteiger partial charge in [0, 0.05) is 25.0 Å². The maximum atomic E-state index is 12.4. The SMILES string of the molecule is CS(=O)(=O)c1ccc(C2COC(=O)C2c2ccc(N3C(=O)CCC3=O)cc2)cc1. The van der Waals surface area contributed by atoms with Crippen LogP contribution in [0, 0.1) is 0 Å². The van der Waals surface area contributed by atoms with Crippen LogP contribution in [0.3, 0.4) is 0 Å². The number of hydrogen-bond donors (Lipinski definition) is 0. The second-order valence-corrected chi connectivity index (χ2v) is 9.29. The van der Waals surface area contributed by atoms with Gasteiger partial charge in [-0.05, 0) is 35.4 Å². The summed E-state index contributed by atoms with van der Waals surface area (Å²) in [7, 11) is -3.30. The van der Waals surface area contributed by atoms with Gasteiger partial charge in [0.25, 0.3) is 0 Å². The molecule has 2 saturated heterocycles. The Morgan fingerprint density at radius 3 is 1.97 bits per heavy atom. The van der Waals surface area contributed by atoms with Crippen molar-refractivity contribution in [2.24, 2.45) is 0 Å². The molecule has 150 valence electrons. The van der Waals surface area contributed by atoms with Gasteiger partial charge in [-0.25, -0.2) is 8.42 Å². The van der Waals surface area contributed by atoms with Gasteiger partial charge in [0.1, 0.15) is 0 Å². The van der Waals surface area contributed by atoms with E-state index in [2.05, 4.69) is 0 Å². The topological polar surface area (TPSA) is 97.8 Å². The lowest BCUT2D eigenvalue weighted by Gasteiger charge is -2.18. The van der Waals surface area contributed by atoms with Crippen LogP contribution in [0.5, 0.6) is 0 Å². The van der Waals surface area contributed by atoms with Crippen LogP contribution in [-0.2, 0) is 29.0 Å². The summed E-state index contributed by atoms with van der Waals surface area (Å²) in [5.41, 5.74) is 2.01. The van der Waals surface area contributed by atoms with E-state index in [0.29, 0.717) is 11.3 Å². The summed E-state index contributed by atoms with van der Waals surface area (Å²) in [6, 6.07) is 13.2. The number of sulfone groups is 1. The van der Waals surface area contributed by atoms with Crippen LogP contribution in [0.15, 0.2) is 53.4 Å². The first kappa shape index (κ1) is 19.3. The van der Waals surface area contributed by atoms with Gasteiger partial charge in [-0.15, -0.1) is 0 Å². The van der Waals surface area contributed by atoms with Crippen LogP contribution in [0.25, 0.3) is 0 Å². The normalized spacial score (nSPS) is 22.2. The van der Waals surface area contributed by atoms with E-state index in [1.165, 1.54) is 12.1 Å². The molecule has 2 atom stereocenters. The first-order chi connectivity index (χ1) is 13.8. The minimum atomic E-state index is -3.30. The van der Waals surface area contributed by atoms with Gasteiger partial charge in [0.2, 0.25) is 11.8 Å². The summed E-state index contributed by atoms with van der Waals surface area (Å²) in [6.07, 6.45) is 1.56. The summed E-state index contributed by atoms with van der Waals surface area (Å²) in [5.74, 6) is -1.61. The molecule has 0 spiro atoms. The molecule has 2 aromatic carbocycles. The molecule has 2 unspecified atom stereocenters. The number of imide groups is 1. The Morgan fingerprint density at radius 1 is 0.862 bits per heavy atom. The first-order valence-electron chi connectivity index (χ1n) is 9.18. The van der Waals surface area contributed by atoms with Crippen molar-refractivity contribution in [1.82, 2.24) is 0 Å². The number of carbonyl (C=O) groups excluding carboxylic acids is 3. The lowest BCUT2D eigenvalue weighted by molar-refractivity contribution is -0.139. The summed E-state index contributed by atoms with van der Waals surface area (Å²) >= 11 is 0. The standard InChI is InChI=1S/C21H19NO6S/c1-29(26,27)16-8-4-13(5-9-16)17-12-28-21(25)20(17)14-2-6-15(7-3-14)22-18(23)10-11-19(22)24/h2-9,17,20H,10-12H2,1H3. The molecule has 7 nitrogen and oxygen atoms in total. The molecule has 4 rings (SSSR count). The highest BCUT2D eigenvalue weighted by Crippen LogP contribution is 2.40. The van der Waals surface area contributed by atoms with Gasteiger partial charge in [0.05, 0.1) is 23.1 Å². The van der Waals surface area contributed by atoms with E-state index in [-0.39, 0.29) is 48.0 Å². The van der Waals surface area contributed by atoms with Gasteiger partial charge < -0.3 is 4.74 Å². The van der Waals surface area contributed by atoms with Crippen LogP contribution in [0.4, 0.5) is 5.69 Å². The van der Waals surface area contributed by atoms with Crippen molar-refractivity contribution in [2.75, 3.05) is 17.8 Å². The molecule has 2 aliphatic heterocycles. The molecule has 0 aliphatic carbocycles. The van der Waals surface area contributed by atoms with Crippen LogP contribution < -0.4 is 4.90 Å². The van der Waals surface area contributed by atoms with Gasteiger partial charge in [-0.2, -0.15) is 0 Å². The predicted molar refractivity (Wildman–Crippen MR) is 104 cm³/mol. The van der Waals surface area contributed by atoms with Crippen LogP contribution in [-0.4, -0.2) is 39.1 Å². The second-order valence-electron chi connectivity index (χ2n) is 7.27. The Bertz CT molecular complexity index is 1070. The molecule has 29 heavy (non-hydrogen) atoms. The number of hydrogen-bond acceptors (Lipinski definition) is 6. The molecule has 2 aromatic rings. The van der Waals surface area contributed by atoms with E-state index >= 15 is 0 Å². The zero-order valence-electron chi connectivity index (χ0n) is 15.7. The summed E-state index contributed by atoms with van der Waals surface area (Å²) in [5, 5.41) is 0. The number of esters is 1. The molecule has 2 fully saturated rings. The van der Waals surface area contributed by atoms with Crippen molar-refractivity contribution in [3.8, 4) is 0 Å². The van der Waals surface area contributed by atoms with Gasteiger partial charge in [-0.3, -0.25) is 19.3 Å². The van der Waals surface area contributed by atoms with Gasteiger partial charge in [-0.1, -0.05) is 24.3 Å². The van der Waals surface area contributed by atoms with Crippen LogP contribution in [0.2, 0.25) is 0 Å². The largest absolute Gasteiger partial charge is 0.465 e. The minimum absolute atomic E-state index is 0.201. The van der Waals surface area contributed by atoms with E-state index in [1.807, 2.05) is 0 Å². The molecular weight excluding hydrogens is 394 g/mol. The van der Waals surface area contributed by atoms with Crippen molar-refractivity contribution in [2.45, 2.75) is 29.6 Å². The average Bonchev–Trinajstić information content (AvgIpc) is 3.23. The maximum Gasteiger partial charge on any atom is 0.314 e. The highest BCUT2D eigenvalue weighted by molar-refractivity contribution is 7.90. The fraction of sp³-hybridized carbons (Fsp3) is 0.286. The Morgan fingerprint density at radius 2 is 1.41 bits per heavy atom. The van der Waals surface area contributed by atoms with Crippen LogP contribution >= 0.6 is 0 Å². The molecule has 2 amide bonds. The number of ether oxygens (including phenoxy) is 1. The highest BCUT2D eigenvalue weighted by atomic mass is 32.2. The smallest absolute Gasteiger partial charge is 0.314 e. The summed E-state index contributed by atoms with van der Waals surface area (Å²) < 4.78 is 28.6. The number of cyclic esters (lactones) is 1. The quantitative estimate of drug-likeness (QED) is 0.563. The number of benzene rings is 2. The zero-order valence-corrected chi connectivity index (χ0v) is 16.5. The fourth-order valence-electron chi connectivity index (χ4n) is 3.84. The third-order valence-corrected chi connectivity index (χ3v) is 6.49. The van der Waals surface area contributed by atoms with E-state index in [1.54, 1.807) is 36.4 Å². The molecule has 0 bridgehead atoms. The molecule has 2 heterocycles. The van der Waals surface area contributed by atoms with Crippen molar-refractivity contribution < 1.29 is 27.5 Å². The first-order valence-corrected chi connectivity index (χ1v) is 11.1. The summed E-state index contributed by atoms with van der Waals surface area (Å²) in [4.78, 5) is 37.6. The van der Waals surface area contributed by atoms with Crippen molar-refractivity contribution in [3.05, 3.63) is 59.7 Å². The molecule has 8 heteroatoms. The Kier molecular flexibility index (Phi) is 4.74. The van der Waals surface area contributed by atoms with E-state index < -0.39 is 15.8 Å². The predicted octanol–water partition coefficient (Wildman–Crippen LogP) is 2.17. The van der Waals surface area contributed by atoms with Crippen molar-refractivity contribution in [1.29, 1.82) is 0 Å². The maximum absolute atomic E-state index is 12.4. The van der Waals surface area contributed by atoms with E-state index in [9.17, 15) is 22.8 Å². The molecular formula is C21H19NO6S. The monoisotopic (exact) mass is 413 g/mol. The zero-order chi connectivity index (χ0) is 20.8. The highest BCUT2D eigenvalue weighted by Gasteiger charge is 2.39. The number of carbonyl (C=O) groups is 3. The van der Waals surface area contributed by atoms with Crippen molar-refractivity contribution >= 4 is 33.3 Å². The van der Waals surface area contributed by atoms with E-state index in [0.717, 1.165) is 16.7 Å². The van der Waals surface area contributed by atoms with Crippen LogP contribution in [0.1, 0.15) is 35.8 Å². The molecule has 0 N–H and O–H groups in total. The molecule has 0 saturated carbocycles. The number of anilines is 1. The van der Waals surface area contributed by atoms with E-state index in [4.69, 9.17) is 4.74 Å². The van der Waals surface area contributed by atoms with Crippen molar-refractivity contribution in [3.63, 3.8) is 0 Å². The average molecular weight is 413 g/mol. The Labute approximate surface area is 168 Å². The number of nitrogens with zero attached hydrogens (tertiary/aromatic N) is 1. The third kappa shape index (κ3) is 3.55. The van der Waals surface area contributed by atoms with Gasteiger partial charge >= 0.3 is 5.97 Å². The fourth-order valence-corrected chi connectivity index (χ4v) is 4.47. The molecule has 2 aliphatic rings. The number of amides is 2. The lowest BCUT2D eigenvalue weighted by Crippen LogP contribution is -2.28. The Hall–Kier alpha value is -3.00. The Balaban J connectivity index is 1.62. The third-order valence-electron chi connectivity index (χ3n) is 5.36. The summed E-state index contributed by atoms with van der Waals surface area (Å²) in [6.45, 7) is 0.201. The number of rotatable bonds is 4. The molecule has 0 radical (unpaired) electrons. The molecule has 0 aromatic heterocycles. The second kappa shape index (κ2) is 7.11. The van der Waals surface area contributed by atoms with Gasteiger partial charge in [0.15, 0.2) is 9.84 Å².